The number of hydrogen-bond acceptors (Lipinski definition) is 6. The Labute approximate surface area is 368 Å². The standard InChI is InChI=1S/C57H36N3O3P/c61-64(43-20-9-3-10-21-43,44-22-11-4-12-23-44)45-24-13-19-41(33-45)56-58-55(38-17-7-2-8-18-38)59-57(60-56)42-28-31-48-53(36-42)63-51-26-14-25-46(54(48)51)40-27-30-47-49-34-39(37-15-5-1-6-16-37)29-32-50(49)62-52(47)35-40/h1-36H. The second kappa shape index (κ2) is 15.3. The van der Waals surface area contributed by atoms with Crippen LogP contribution in [0.25, 0.3) is 100 Å². The second-order valence-corrected chi connectivity index (χ2v) is 18.7. The molecule has 7 heteroatoms. The molecule has 0 N–H and O–H groups in total. The number of hydrogen-bond donors (Lipinski definition) is 0. The number of furan rings is 2. The lowest BCUT2D eigenvalue weighted by Crippen LogP contribution is -2.25. The van der Waals surface area contributed by atoms with Crippen LogP contribution >= 0.6 is 7.14 Å². The molecule has 3 heterocycles. The van der Waals surface area contributed by atoms with Gasteiger partial charge in [0.2, 0.25) is 0 Å². The fourth-order valence-electron chi connectivity index (χ4n) is 8.87. The summed E-state index contributed by atoms with van der Waals surface area (Å²) >= 11 is 0. The SMILES string of the molecule is O=P(c1ccccc1)(c1ccccc1)c1cccc(-c2nc(-c3ccccc3)nc(-c3ccc4c(c3)oc3cccc(-c5ccc6c(c5)oc5ccc(-c7ccccc7)cc56)c34)n2)c1. The van der Waals surface area contributed by atoms with Crippen LogP contribution in [0.3, 0.4) is 0 Å². The van der Waals surface area contributed by atoms with Crippen LogP contribution in [0.5, 0.6) is 0 Å². The lowest BCUT2D eigenvalue weighted by atomic mass is 9.97. The van der Waals surface area contributed by atoms with Crippen molar-refractivity contribution in [3.05, 3.63) is 218 Å². The van der Waals surface area contributed by atoms with E-state index in [1.165, 1.54) is 5.56 Å². The van der Waals surface area contributed by atoms with E-state index in [-0.39, 0.29) is 0 Å². The van der Waals surface area contributed by atoms with Crippen LogP contribution in [0.4, 0.5) is 0 Å². The van der Waals surface area contributed by atoms with Crippen molar-refractivity contribution in [1.82, 2.24) is 15.0 Å². The van der Waals surface area contributed by atoms with Gasteiger partial charge < -0.3 is 13.4 Å². The number of nitrogens with zero attached hydrogens (tertiary/aromatic N) is 3. The topological polar surface area (TPSA) is 82.0 Å². The molecule has 3 aromatic heterocycles. The van der Waals surface area contributed by atoms with Crippen molar-refractivity contribution >= 4 is 66.9 Å². The molecule has 0 fully saturated rings. The molecule has 0 saturated heterocycles. The minimum atomic E-state index is -3.25. The summed E-state index contributed by atoms with van der Waals surface area (Å²) in [5.41, 5.74) is 9.97. The van der Waals surface area contributed by atoms with Gasteiger partial charge in [-0.1, -0.05) is 170 Å². The maximum absolute atomic E-state index is 15.4. The third-order valence-electron chi connectivity index (χ3n) is 12.0. The molecule has 0 atom stereocenters. The first-order valence-electron chi connectivity index (χ1n) is 21.2. The summed E-state index contributed by atoms with van der Waals surface area (Å²) in [5, 5.41) is 6.38. The van der Waals surface area contributed by atoms with Crippen molar-refractivity contribution < 1.29 is 13.4 Å². The molecule has 0 bridgehead atoms. The summed E-state index contributed by atoms with van der Waals surface area (Å²) in [4.78, 5) is 15.2. The van der Waals surface area contributed by atoms with Gasteiger partial charge in [0.25, 0.3) is 0 Å². The number of aromatic nitrogens is 3. The van der Waals surface area contributed by atoms with Gasteiger partial charge in [-0.2, -0.15) is 0 Å². The highest BCUT2D eigenvalue weighted by atomic mass is 31.2. The van der Waals surface area contributed by atoms with E-state index in [2.05, 4.69) is 72.8 Å². The molecule has 0 aliphatic rings. The minimum Gasteiger partial charge on any atom is -0.456 e. The van der Waals surface area contributed by atoms with E-state index >= 15 is 4.57 Å². The van der Waals surface area contributed by atoms with Gasteiger partial charge in [0.15, 0.2) is 24.6 Å². The van der Waals surface area contributed by atoms with E-state index in [0.717, 1.165) is 87.9 Å². The zero-order chi connectivity index (χ0) is 42.6. The van der Waals surface area contributed by atoms with Crippen LogP contribution in [0.2, 0.25) is 0 Å². The first kappa shape index (κ1) is 37.6. The average Bonchev–Trinajstić information content (AvgIpc) is 3.94. The molecular weight excluding hydrogens is 806 g/mol. The normalized spacial score (nSPS) is 11.8. The number of fused-ring (bicyclic) bond motifs is 6. The average molecular weight is 842 g/mol. The Kier molecular flexibility index (Phi) is 8.99. The van der Waals surface area contributed by atoms with Gasteiger partial charge in [-0.3, -0.25) is 0 Å². The molecule has 0 saturated carbocycles. The summed E-state index contributed by atoms with van der Waals surface area (Å²) < 4.78 is 28.4. The fourth-order valence-corrected chi connectivity index (χ4v) is 11.6. The van der Waals surface area contributed by atoms with Crippen LogP contribution < -0.4 is 15.9 Å². The zero-order valence-electron chi connectivity index (χ0n) is 34.3. The van der Waals surface area contributed by atoms with Gasteiger partial charge in [-0.05, 0) is 70.8 Å². The smallest absolute Gasteiger partial charge is 0.171 e. The predicted octanol–water partition coefficient (Wildman–Crippen LogP) is 13.6. The summed E-state index contributed by atoms with van der Waals surface area (Å²) in [6.45, 7) is 0. The quantitative estimate of drug-likeness (QED) is 0.142. The minimum absolute atomic E-state index is 0.475. The van der Waals surface area contributed by atoms with Crippen molar-refractivity contribution in [3.63, 3.8) is 0 Å². The molecule has 0 unspecified atom stereocenters. The molecule has 0 radical (unpaired) electrons. The Morgan fingerprint density at radius 3 is 1.52 bits per heavy atom. The van der Waals surface area contributed by atoms with Gasteiger partial charge in [-0.15, -0.1) is 0 Å². The van der Waals surface area contributed by atoms with E-state index in [1.54, 1.807) is 0 Å². The Bertz CT molecular complexity index is 3710. The van der Waals surface area contributed by atoms with Gasteiger partial charge in [0.05, 0.1) is 0 Å². The third-order valence-corrected chi connectivity index (χ3v) is 15.1. The van der Waals surface area contributed by atoms with E-state index in [9.17, 15) is 0 Å². The summed E-state index contributed by atoms with van der Waals surface area (Å²) in [6, 6.07) is 72.6. The van der Waals surface area contributed by atoms with Crippen LogP contribution in [-0.2, 0) is 4.57 Å². The summed E-state index contributed by atoms with van der Waals surface area (Å²) in [7, 11) is -3.25. The molecule has 12 aromatic rings. The highest BCUT2D eigenvalue weighted by Crippen LogP contribution is 2.44. The molecule has 0 aliphatic carbocycles. The molecule has 12 rings (SSSR count). The van der Waals surface area contributed by atoms with Crippen molar-refractivity contribution in [2.45, 2.75) is 0 Å². The van der Waals surface area contributed by atoms with Gasteiger partial charge in [0, 0.05) is 54.1 Å². The maximum Gasteiger partial charge on any atom is 0.171 e. The largest absolute Gasteiger partial charge is 0.456 e. The maximum atomic E-state index is 15.4. The molecule has 9 aromatic carbocycles. The zero-order valence-corrected chi connectivity index (χ0v) is 35.2. The van der Waals surface area contributed by atoms with Crippen LogP contribution in [0.15, 0.2) is 227 Å². The highest BCUT2D eigenvalue weighted by Gasteiger charge is 2.30. The monoisotopic (exact) mass is 841 g/mol. The van der Waals surface area contributed by atoms with E-state index in [4.69, 9.17) is 23.8 Å². The van der Waals surface area contributed by atoms with Crippen LogP contribution in [0, 0.1) is 0 Å². The Balaban J connectivity index is 0.957. The van der Waals surface area contributed by atoms with Crippen molar-refractivity contribution in [3.8, 4) is 56.4 Å². The van der Waals surface area contributed by atoms with Crippen molar-refractivity contribution in [1.29, 1.82) is 0 Å². The van der Waals surface area contributed by atoms with Gasteiger partial charge in [0.1, 0.15) is 22.3 Å². The van der Waals surface area contributed by atoms with Crippen molar-refractivity contribution in [2.75, 3.05) is 0 Å². The van der Waals surface area contributed by atoms with E-state index < -0.39 is 7.14 Å². The van der Waals surface area contributed by atoms with Crippen LogP contribution in [0.1, 0.15) is 0 Å². The Hall–Kier alpha value is -8.18. The lowest BCUT2D eigenvalue weighted by Gasteiger charge is -2.20. The molecule has 0 aliphatic heterocycles. The number of benzene rings is 9. The second-order valence-electron chi connectivity index (χ2n) is 15.9. The Morgan fingerprint density at radius 2 is 0.812 bits per heavy atom. The predicted molar refractivity (Wildman–Crippen MR) is 261 cm³/mol. The summed E-state index contributed by atoms with van der Waals surface area (Å²) in [5.74, 6) is 1.50. The number of rotatable bonds is 8. The lowest BCUT2D eigenvalue weighted by molar-refractivity contribution is 0.592. The fraction of sp³-hybridized carbons (Fsp3) is 0. The molecule has 0 amide bonds. The first-order chi connectivity index (χ1) is 31.6. The molecular formula is C57H36N3O3P. The molecule has 302 valence electrons. The summed E-state index contributed by atoms with van der Waals surface area (Å²) in [6.07, 6.45) is 0. The molecule has 0 spiro atoms. The highest BCUT2D eigenvalue weighted by molar-refractivity contribution is 7.85. The van der Waals surface area contributed by atoms with Gasteiger partial charge >= 0.3 is 0 Å². The van der Waals surface area contributed by atoms with Crippen LogP contribution in [-0.4, -0.2) is 15.0 Å². The molecule has 64 heavy (non-hydrogen) atoms. The molecule has 6 nitrogen and oxygen atoms in total. The third kappa shape index (κ3) is 6.43. The first-order valence-corrected chi connectivity index (χ1v) is 22.9. The van der Waals surface area contributed by atoms with E-state index in [1.807, 2.05) is 146 Å². The van der Waals surface area contributed by atoms with Gasteiger partial charge in [-0.25, -0.2) is 15.0 Å². The van der Waals surface area contributed by atoms with Crippen molar-refractivity contribution in [2.24, 2.45) is 0 Å². The Morgan fingerprint density at radius 1 is 0.312 bits per heavy atom. The van der Waals surface area contributed by atoms with E-state index in [0.29, 0.717) is 22.8 Å².